The Morgan fingerprint density at radius 1 is 1.19 bits per heavy atom. The molecule has 170 valence electrons. The van der Waals surface area contributed by atoms with Crippen molar-refractivity contribution >= 4 is 34.8 Å². The maximum atomic E-state index is 13.1. The Kier molecular flexibility index (Phi) is 6.58. The summed E-state index contributed by atoms with van der Waals surface area (Å²) in [7, 11) is 0. The van der Waals surface area contributed by atoms with E-state index < -0.39 is 28.8 Å². The summed E-state index contributed by atoms with van der Waals surface area (Å²) in [5.41, 5.74) is -0.0813. The number of aryl methyl sites for hydroxylation is 1. The fraction of sp³-hybridized carbons (Fsp3) is 0.300. The summed E-state index contributed by atoms with van der Waals surface area (Å²) in [6, 6.07) is 6.88. The molecule has 0 fully saturated rings. The minimum absolute atomic E-state index is 0.0233. The van der Waals surface area contributed by atoms with Crippen LogP contribution in [0.1, 0.15) is 41.8 Å². The van der Waals surface area contributed by atoms with E-state index in [4.69, 9.17) is 11.6 Å². The second-order valence-corrected chi connectivity index (χ2v) is 7.30. The number of aromatic nitrogens is 4. The Morgan fingerprint density at radius 3 is 2.44 bits per heavy atom. The summed E-state index contributed by atoms with van der Waals surface area (Å²) in [4.78, 5) is 25.1. The first-order valence-corrected chi connectivity index (χ1v) is 9.96. The van der Waals surface area contributed by atoms with Crippen molar-refractivity contribution in [2.24, 2.45) is 0 Å². The van der Waals surface area contributed by atoms with Gasteiger partial charge in [-0.25, -0.2) is 0 Å². The van der Waals surface area contributed by atoms with Gasteiger partial charge in [-0.05, 0) is 45.0 Å². The third-order valence-electron chi connectivity index (χ3n) is 4.73. The zero-order valence-electron chi connectivity index (χ0n) is 17.4. The van der Waals surface area contributed by atoms with Crippen LogP contribution in [0.2, 0.25) is 5.02 Å². The third kappa shape index (κ3) is 4.77. The minimum Gasteiger partial charge on any atom is -0.324 e. The van der Waals surface area contributed by atoms with Crippen molar-refractivity contribution in [3.8, 4) is 0 Å². The summed E-state index contributed by atoms with van der Waals surface area (Å²) in [6.07, 6.45) is -3.22. The van der Waals surface area contributed by atoms with Crippen LogP contribution in [0.3, 0.4) is 0 Å². The van der Waals surface area contributed by atoms with E-state index in [0.717, 1.165) is 4.68 Å². The molecule has 8 nitrogen and oxygen atoms in total. The number of benzene rings is 1. The Bertz CT molecular complexity index is 1150. The van der Waals surface area contributed by atoms with E-state index >= 15 is 0 Å². The van der Waals surface area contributed by atoms with Gasteiger partial charge in [0.05, 0.1) is 10.7 Å². The third-order valence-corrected chi connectivity index (χ3v) is 5.18. The number of carbonyl (C=O) groups is 2. The molecule has 0 aliphatic rings. The first kappa shape index (κ1) is 23.3. The average Bonchev–Trinajstić information content (AvgIpc) is 3.32. The maximum Gasteiger partial charge on any atom is 0.436 e. The zero-order valence-corrected chi connectivity index (χ0v) is 18.1. The molecule has 2 amide bonds. The average molecular weight is 469 g/mol. The van der Waals surface area contributed by atoms with Gasteiger partial charge in [0.25, 0.3) is 5.91 Å². The highest BCUT2D eigenvalue weighted by molar-refractivity contribution is 6.32. The molecule has 1 aromatic carbocycles. The number of halogens is 4. The molecule has 0 spiro atoms. The molecule has 2 heterocycles. The predicted octanol–water partition coefficient (Wildman–Crippen LogP) is 4.53. The van der Waals surface area contributed by atoms with Crippen molar-refractivity contribution in [3.63, 3.8) is 0 Å². The van der Waals surface area contributed by atoms with Crippen LogP contribution in [0.4, 0.5) is 24.5 Å². The number of hydrogen-bond acceptors (Lipinski definition) is 4. The molecule has 32 heavy (non-hydrogen) atoms. The smallest absolute Gasteiger partial charge is 0.324 e. The van der Waals surface area contributed by atoms with Gasteiger partial charge in [0, 0.05) is 24.1 Å². The van der Waals surface area contributed by atoms with Crippen LogP contribution in [-0.2, 0) is 17.5 Å². The molecule has 2 aromatic heterocycles. The standard InChI is InChI=1S/C20H20ClF3N6O2/c1-4-29-15(8-9-25-29)19(32)27-14-7-5-6-13(10-14)26-18(31)12(3)30-11(2)16(21)17(28-30)20(22,23)24/h5-10,12H,4H2,1-3H3,(H,26,31)(H,27,32). The van der Waals surface area contributed by atoms with Crippen LogP contribution in [0.25, 0.3) is 0 Å². The molecule has 0 aliphatic heterocycles. The Labute approximate surface area is 186 Å². The second kappa shape index (κ2) is 9.03. The highest BCUT2D eigenvalue weighted by atomic mass is 35.5. The first-order valence-electron chi connectivity index (χ1n) is 9.58. The lowest BCUT2D eigenvalue weighted by molar-refractivity contribution is -0.141. The number of anilines is 2. The van der Waals surface area contributed by atoms with E-state index in [1.165, 1.54) is 30.8 Å². The van der Waals surface area contributed by atoms with Gasteiger partial charge in [0.2, 0.25) is 5.91 Å². The second-order valence-electron chi connectivity index (χ2n) is 6.92. The number of hydrogen-bond donors (Lipinski definition) is 2. The largest absolute Gasteiger partial charge is 0.436 e. The molecular weight excluding hydrogens is 449 g/mol. The number of rotatable bonds is 6. The molecule has 3 rings (SSSR count). The van der Waals surface area contributed by atoms with Gasteiger partial charge in [0.15, 0.2) is 5.69 Å². The summed E-state index contributed by atoms with van der Waals surface area (Å²) in [5.74, 6) is -0.976. The molecule has 1 atom stereocenters. The predicted molar refractivity (Wildman–Crippen MR) is 113 cm³/mol. The van der Waals surface area contributed by atoms with Crippen LogP contribution < -0.4 is 10.6 Å². The molecular formula is C20H20ClF3N6O2. The summed E-state index contributed by atoms with van der Waals surface area (Å²) in [6.45, 7) is 5.14. The number of nitrogens with one attached hydrogen (secondary N) is 2. The molecule has 12 heteroatoms. The van der Waals surface area contributed by atoms with Crippen molar-refractivity contribution in [2.75, 3.05) is 10.6 Å². The van der Waals surface area contributed by atoms with Crippen molar-refractivity contribution in [3.05, 3.63) is 58.6 Å². The van der Waals surface area contributed by atoms with E-state index in [1.807, 2.05) is 6.92 Å². The molecule has 0 radical (unpaired) electrons. The summed E-state index contributed by atoms with van der Waals surface area (Å²) < 4.78 is 41.6. The SMILES string of the molecule is CCn1nccc1C(=O)Nc1cccc(NC(=O)C(C)n2nc(C(F)(F)F)c(Cl)c2C)c1. The number of alkyl halides is 3. The number of carbonyl (C=O) groups excluding carboxylic acids is 2. The molecule has 0 bridgehead atoms. The van der Waals surface area contributed by atoms with Crippen molar-refractivity contribution in [1.29, 1.82) is 0 Å². The van der Waals surface area contributed by atoms with Gasteiger partial charge in [-0.3, -0.25) is 19.0 Å². The fourth-order valence-electron chi connectivity index (χ4n) is 3.06. The Balaban J connectivity index is 1.74. The highest BCUT2D eigenvalue weighted by Gasteiger charge is 2.39. The van der Waals surface area contributed by atoms with Crippen LogP contribution in [0.5, 0.6) is 0 Å². The normalized spacial score (nSPS) is 12.5. The highest BCUT2D eigenvalue weighted by Crippen LogP contribution is 2.36. The molecule has 0 aliphatic carbocycles. The molecule has 0 saturated heterocycles. The number of amides is 2. The molecule has 0 saturated carbocycles. The van der Waals surface area contributed by atoms with E-state index in [0.29, 0.717) is 23.6 Å². The fourth-order valence-corrected chi connectivity index (χ4v) is 3.29. The van der Waals surface area contributed by atoms with Crippen molar-refractivity contribution in [1.82, 2.24) is 19.6 Å². The molecule has 3 aromatic rings. The maximum absolute atomic E-state index is 13.1. The monoisotopic (exact) mass is 468 g/mol. The lowest BCUT2D eigenvalue weighted by atomic mass is 10.2. The quantitative estimate of drug-likeness (QED) is 0.555. The molecule has 1 unspecified atom stereocenters. The van der Waals surface area contributed by atoms with Gasteiger partial charge in [-0.15, -0.1) is 0 Å². The zero-order chi connectivity index (χ0) is 23.6. The van der Waals surface area contributed by atoms with Crippen LogP contribution in [0.15, 0.2) is 36.5 Å². The van der Waals surface area contributed by atoms with E-state index in [-0.39, 0.29) is 11.6 Å². The first-order chi connectivity index (χ1) is 15.0. The lowest BCUT2D eigenvalue weighted by Crippen LogP contribution is -2.25. The summed E-state index contributed by atoms with van der Waals surface area (Å²) in [5, 5.41) is 12.3. The van der Waals surface area contributed by atoms with Crippen molar-refractivity contribution < 1.29 is 22.8 Å². The van der Waals surface area contributed by atoms with Gasteiger partial charge in [-0.1, -0.05) is 17.7 Å². The van der Waals surface area contributed by atoms with Gasteiger partial charge < -0.3 is 10.6 Å². The van der Waals surface area contributed by atoms with E-state index in [2.05, 4.69) is 20.8 Å². The van der Waals surface area contributed by atoms with E-state index in [9.17, 15) is 22.8 Å². The summed E-state index contributed by atoms with van der Waals surface area (Å²) >= 11 is 5.76. The minimum atomic E-state index is -4.73. The Hall–Kier alpha value is -3.34. The van der Waals surface area contributed by atoms with Gasteiger partial charge >= 0.3 is 6.18 Å². The van der Waals surface area contributed by atoms with Crippen LogP contribution >= 0.6 is 11.6 Å². The van der Waals surface area contributed by atoms with Crippen molar-refractivity contribution in [2.45, 2.75) is 39.5 Å². The number of nitrogens with zero attached hydrogens (tertiary/aromatic N) is 4. The lowest BCUT2D eigenvalue weighted by Gasteiger charge is -2.15. The van der Waals surface area contributed by atoms with Crippen LogP contribution in [-0.4, -0.2) is 31.4 Å². The van der Waals surface area contributed by atoms with Crippen LogP contribution in [0, 0.1) is 6.92 Å². The molecule has 2 N–H and O–H groups in total. The topological polar surface area (TPSA) is 93.8 Å². The van der Waals surface area contributed by atoms with E-state index in [1.54, 1.807) is 24.3 Å². The Morgan fingerprint density at radius 2 is 1.84 bits per heavy atom. The van der Waals surface area contributed by atoms with Gasteiger partial charge in [-0.2, -0.15) is 23.4 Å². The van der Waals surface area contributed by atoms with Gasteiger partial charge in [0.1, 0.15) is 11.7 Å².